The van der Waals surface area contributed by atoms with E-state index in [4.69, 9.17) is 14.0 Å². The number of nitrogens with one attached hydrogen (secondary N) is 1. The van der Waals surface area contributed by atoms with Gasteiger partial charge in [-0.2, -0.15) is 0 Å². The lowest BCUT2D eigenvalue weighted by Gasteiger charge is -2.45. The van der Waals surface area contributed by atoms with E-state index in [1.54, 1.807) is 6.92 Å². The summed E-state index contributed by atoms with van der Waals surface area (Å²) in [6, 6.07) is 20.5. The summed E-state index contributed by atoms with van der Waals surface area (Å²) in [7, 11) is -4.01. The van der Waals surface area contributed by atoms with Gasteiger partial charge in [0, 0.05) is 24.1 Å². The zero-order chi connectivity index (χ0) is 28.2. The number of hydrogen-bond acceptors (Lipinski definition) is 6. The maximum absolute atomic E-state index is 12.7. The van der Waals surface area contributed by atoms with E-state index in [-0.39, 0.29) is 12.5 Å². The fourth-order valence-corrected chi connectivity index (χ4v) is 9.23. The van der Waals surface area contributed by atoms with E-state index in [1.807, 2.05) is 43.3 Å². The van der Waals surface area contributed by atoms with Crippen LogP contribution in [-0.2, 0) is 23.8 Å². The van der Waals surface area contributed by atoms with Gasteiger partial charge in [0.1, 0.15) is 11.5 Å². The van der Waals surface area contributed by atoms with Crippen LogP contribution < -0.4 is 11.2 Å². The number of aromatic nitrogens is 2. The number of H-pyrrole nitrogens is 1. The molecular formula is C29H38N2O6PSi+. The summed E-state index contributed by atoms with van der Waals surface area (Å²) in [5.41, 5.74) is 1.62. The highest BCUT2D eigenvalue weighted by atomic mass is 31.1. The lowest BCUT2D eigenvalue weighted by Crippen LogP contribution is -2.53. The number of aryl methyl sites for hydroxylation is 1. The van der Waals surface area contributed by atoms with Crippen LogP contribution in [0.2, 0.25) is 19.6 Å². The molecule has 2 heterocycles. The molecule has 39 heavy (non-hydrogen) atoms. The molecule has 0 radical (unpaired) electrons. The average Bonchev–Trinajstić information content (AvgIpc) is 3.29. The molecule has 1 saturated heterocycles. The smallest absolute Gasteiger partial charge is 0.367 e. The van der Waals surface area contributed by atoms with E-state index in [0.717, 1.165) is 11.1 Å². The molecule has 1 unspecified atom stereocenters. The Labute approximate surface area is 231 Å². The standard InChI is InChI=1S/C29H37N2O6PSi/c1-6-36-38(34)20-22-17-26(31-18-21(2)27(32)30-28(31)33)37-25(22)19-35-29(39(3,4)5,23-13-9-7-10-14-23)24-15-11-8-12-16-24/h7-16,18,22,25-26H,6,17,19-20H2,1-5H3/p+1/t22-,25-,26-/m1/s1. The second-order valence-corrected chi connectivity index (χ2v) is 17.5. The monoisotopic (exact) mass is 569 g/mol. The van der Waals surface area contributed by atoms with Gasteiger partial charge in [-0.15, -0.1) is 4.52 Å². The molecule has 4 atom stereocenters. The van der Waals surface area contributed by atoms with Crippen LogP contribution in [-0.4, -0.2) is 43.1 Å². The molecular weight excluding hydrogens is 531 g/mol. The summed E-state index contributed by atoms with van der Waals surface area (Å²) in [4.78, 5) is 27.0. The van der Waals surface area contributed by atoms with Gasteiger partial charge in [-0.05, 0) is 29.5 Å². The zero-order valence-corrected chi connectivity index (χ0v) is 25.1. The Hall–Kier alpha value is -2.68. The zero-order valence-electron chi connectivity index (χ0n) is 23.3. The molecule has 208 valence electrons. The molecule has 0 saturated carbocycles. The van der Waals surface area contributed by atoms with Gasteiger partial charge in [-0.1, -0.05) is 80.3 Å². The Morgan fingerprint density at radius 3 is 2.18 bits per heavy atom. The van der Waals surface area contributed by atoms with Crippen molar-refractivity contribution in [2.75, 3.05) is 19.4 Å². The molecule has 1 aliphatic rings. The van der Waals surface area contributed by atoms with Gasteiger partial charge in [-0.3, -0.25) is 14.3 Å². The van der Waals surface area contributed by atoms with Gasteiger partial charge in [0.2, 0.25) is 0 Å². The summed E-state index contributed by atoms with van der Waals surface area (Å²) < 4.78 is 33.0. The Balaban J connectivity index is 1.71. The van der Waals surface area contributed by atoms with Crippen LogP contribution in [0.3, 0.4) is 0 Å². The van der Waals surface area contributed by atoms with Crippen LogP contribution in [0, 0.1) is 12.8 Å². The molecule has 4 rings (SSSR count). The van der Waals surface area contributed by atoms with Gasteiger partial charge in [0.25, 0.3) is 5.56 Å². The Kier molecular flexibility index (Phi) is 9.19. The third kappa shape index (κ3) is 6.23. The van der Waals surface area contributed by atoms with Crippen molar-refractivity contribution in [3.63, 3.8) is 0 Å². The van der Waals surface area contributed by atoms with E-state index in [0.29, 0.717) is 24.8 Å². The van der Waals surface area contributed by atoms with Gasteiger partial charge in [0.05, 0.1) is 27.4 Å². The Bertz CT molecular complexity index is 1350. The molecule has 3 aromatic rings. The van der Waals surface area contributed by atoms with Crippen molar-refractivity contribution in [1.82, 2.24) is 9.55 Å². The Morgan fingerprint density at radius 2 is 1.64 bits per heavy atom. The molecule has 10 heteroatoms. The highest BCUT2D eigenvalue weighted by Gasteiger charge is 2.50. The average molecular weight is 570 g/mol. The second-order valence-electron chi connectivity index (χ2n) is 11.0. The van der Waals surface area contributed by atoms with E-state index < -0.39 is 44.9 Å². The van der Waals surface area contributed by atoms with Crippen LogP contribution in [0.1, 0.15) is 36.3 Å². The highest BCUT2D eigenvalue weighted by molar-refractivity contribution is 7.39. The fraction of sp³-hybridized carbons (Fsp3) is 0.448. The number of nitrogens with zero attached hydrogens (tertiary/aromatic N) is 1. The summed E-state index contributed by atoms with van der Waals surface area (Å²) >= 11 is 0. The first-order chi connectivity index (χ1) is 18.6. The lowest BCUT2D eigenvalue weighted by atomic mass is 9.99. The minimum absolute atomic E-state index is 0.171. The van der Waals surface area contributed by atoms with Crippen molar-refractivity contribution in [3.8, 4) is 0 Å². The molecule has 0 aliphatic carbocycles. The van der Waals surface area contributed by atoms with E-state index in [1.165, 1.54) is 10.8 Å². The number of hydrogen-bond donors (Lipinski definition) is 1. The number of benzene rings is 2. The number of ether oxygens (including phenoxy) is 2. The summed E-state index contributed by atoms with van der Waals surface area (Å²) in [5, 5.41) is -0.672. The predicted molar refractivity (Wildman–Crippen MR) is 155 cm³/mol. The maximum Gasteiger partial charge on any atom is 0.508 e. The number of rotatable bonds is 11. The van der Waals surface area contributed by atoms with Gasteiger partial charge >= 0.3 is 13.7 Å². The van der Waals surface area contributed by atoms with Crippen LogP contribution in [0.5, 0.6) is 0 Å². The van der Waals surface area contributed by atoms with Crippen molar-refractivity contribution in [2.24, 2.45) is 5.92 Å². The number of aromatic amines is 1. The van der Waals surface area contributed by atoms with E-state index in [2.05, 4.69) is 48.9 Å². The van der Waals surface area contributed by atoms with Crippen LogP contribution in [0.25, 0.3) is 0 Å². The van der Waals surface area contributed by atoms with Crippen LogP contribution in [0.4, 0.5) is 0 Å². The van der Waals surface area contributed by atoms with Crippen molar-refractivity contribution < 1.29 is 18.6 Å². The van der Waals surface area contributed by atoms with Crippen molar-refractivity contribution in [1.29, 1.82) is 0 Å². The summed E-state index contributed by atoms with van der Waals surface area (Å²) in [5.74, 6) is -0.171. The summed E-state index contributed by atoms with van der Waals surface area (Å²) in [6.07, 6.45) is 1.21. The second kappa shape index (κ2) is 12.2. The molecule has 1 aliphatic heterocycles. The van der Waals surface area contributed by atoms with Gasteiger partial charge in [0.15, 0.2) is 6.16 Å². The quantitative estimate of drug-likeness (QED) is 0.246. The first kappa shape index (κ1) is 29.3. The maximum atomic E-state index is 12.7. The van der Waals surface area contributed by atoms with Crippen LogP contribution >= 0.6 is 8.03 Å². The third-order valence-corrected chi connectivity index (χ3v) is 11.5. The van der Waals surface area contributed by atoms with E-state index >= 15 is 0 Å². The molecule has 1 N–H and O–H groups in total. The predicted octanol–water partition coefficient (Wildman–Crippen LogP) is 5.37. The van der Waals surface area contributed by atoms with Crippen molar-refractivity contribution in [3.05, 3.63) is 104 Å². The van der Waals surface area contributed by atoms with Gasteiger partial charge < -0.3 is 9.47 Å². The largest absolute Gasteiger partial charge is 0.508 e. The normalized spacial score (nSPS) is 20.2. The van der Waals surface area contributed by atoms with Gasteiger partial charge in [-0.25, -0.2) is 4.79 Å². The fourth-order valence-electron chi connectivity index (χ4n) is 5.48. The Morgan fingerprint density at radius 1 is 1.05 bits per heavy atom. The highest BCUT2D eigenvalue weighted by Crippen LogP contribution is 2.44. The van der Waals surface area contributed by atoms with Crippen molar-refractivity contribution in [2.45, 2.75) is 57.5 Å². The third-order valence-electron chi connectivity index (χ3n) is 7.36. The molecule has 1 fully saturated rings. The molecule has 0 spiro atoms. The molecule has 0 amide bonds. The minimum Gasteiger partial charge on any atom is -0.367 e. The van der Waals surface area contributed by atoms with E-state index in [9.17, 15) is 14.2 Å². The topological polar surface area (TPSA) is 99.6 Å². The molecule has 1 aromatic heterocycles. The molecule has 8 nitrogen and oxygen atoms in total. The molecule has 2 aromatic carbocycles. The van der Waals surface area contributed by atoms with Crippen LogP contribution in [0.15, 0.2) is 76.4 Å². The van der Waals surface area contributed by atoms with Crippen molar-refractivity contribution >= 4 is 16.1 Å². The SMILES string of the molecule is CCO[P+](=O)C[C@H]1C[C@H](n2cc(C)c(=O)[nH]c2=O)O[C@@H]1COC(c1ccccc1)(c1ccccc1)[Si](C)(C)C. The lowest BCUT2D eigenvalue weighted by molar-refractivity contribution is -0.0750. The first-order valence-electron chi connectivity index (χ1n) is 13.4. The molecule has 0 bridgehead atoms. The summed E-state index contributed by atoms with van der Waals surface area (Å²) in [6.45, 7) is 10.9. The minimum atomic E-state index is -2.12. The first-order valence-corrected chi connectivity index (χ1v) is 18.2.